The molecule has 2 rings (SSSR count). The van der Waals surface area contributed by atoms with Crippen LogP contribution in [0.25, 0.3) is 0 Å². The molecule has 2 aromatic carbocycles. The Morgan fingerprint density at radius 2 is 1.85 bits per heavy atom. The van der Waals surface area contributed by atoms with Crippen LogP contribution in [0.4, 0.5) is 15.8 Å². The number of nitrogens with one attached hydrogen (secondary N) is 1. The number of primary amides is 1. The van der Waals surface area contributed by atoms with Gasteiger partial charge in [0, 0.05) is 17.9 Å². The average Bonchev–Trinajstić information content (AvgIpc) is 2.42. The fourth-order valence-electron chi connectivity index (χ4n) is 1.88. The number of carbonyl (C=O) groups is 1. The first kappa shape index (κ1) is 13.9. The van der Waals surface area contributed by atoms with Crippen molar-refractivity contribution in [3.63, 3.8) is 0 Å². The van der Waals surface area contributed by atoms with Crippen LogP contribution >= 0.6 is 0 Å². The quantitative estimate of drug-likeness (QED) is 0.730. The first-order chi connectivity index (χ1) is 9.56. The number of nitrogen functional groups attached to an aromatic ring is 1. The molecule has 0 aromatic heterocycles. The van der Waals surface area contributed by atoms with E-state index in [4.69, 9.17) is 11.5 Å². The molecule has 0 heterocycles. The third-order valence-electron chi connectivity index (χ3n) is 2.97. The SMILES string of the molecule is NC(=O)c1cc(NCCc2ccc(F)cc2)ccc1N. The van der Waals surface area contributed by atoms with Crippen molar-refractivity contribution in [3.05, 3.63) is 59.4 Å². The molecule has 0 aliphatic heterocycles. The Labute approximate surface area is 116 Å². The van der Waals surface area contributed by atoms with Gasteiger partial charge in [-0.05, 0) is 42.3 Å². The van der Waals surface area contributed by atoms with E-state index in [0.717, 1.165) is 17.7 Å². The van der Waals surface area contributed by atoms with Crippen LogP contribution in [0.15, 0.2) is 42.5 Å². The van der Waals surface area contributed by atoms with E-state index in [1.165, 1.54) is 12.1 Å². The minimum atomic E-state index is -0.551. The number of halogens is 1. The van der Waals surface area contributed by atoms with Crippen molar-refractivity contribution in [2.75, 3.05) is 17.6 Å². The van der Waals surface area contributed by atoms with Crippen LogP contribution in [0.3, 0.4) is 0 Å². The molecule has 0 fully saturated rings. The van der Waals surface area contributed by atoms with Crippen LogP contribution in [0.5, 0.6) is 0 Å². The average molecular weight is 273 g/mol. The topological polar surface area (TPSA) is 81.1 Å². The van der Waals surface area contributed by atoms with Gasteiger partial charge in [-0.15, -0.1) is 0 Å². The summed E-state index contributed by atoms with van der Waals surface area (Å²) in [6.45, 7) is 0.660. The zero-order valence-corrected chi connectivity index (χ0v) is 10.9. The van der Waals surface area contributed by atoms with Gasteiger partial charge in [0.1, 0.15) is 5.82 Å². The van der Waals surface area contributed by atoms with Gasteiger partial charge < -0.3 is 16.8 Å². The maximum absolute atomic E-state index is 12.8. The fourth-order valence-corrected chi connectivity index (χ4v) is 1.88. The molecule has 1 amide bonds. The Morgan fingerprint density at radius 3 is 2.50 bits per heavy atom. The molecule has 4 nitrogen and oxygen atoms in total. The maximum Gasteiger partial charge on any atom is 0.250 e. The molecule has 0 bridgehead atoms. The van der Waals surface area contributed by atoms with E-state index in [1.807, 2.05) is 0 Å². The number of amides is 1. The van der Waals surface area contributed by atoms with Crippen molar-refractivity contribution in [2.45, 2.75) is 6.42 Å². The number of hydrogen-bond donors (Lipinski definition) is 3. The molecule has 0 atom stereocenters. The highest BCUT2D eigenvalue weighted by atomic mass is 19.1. The van der Waals surface area contributed by atoms with Crippen LogP contribution in [0, 0.1) is 5.82 Å². The Bertz CT molecular complexity index is 611. The van der Waals surface area contributed by atoms with Crippen LogP contribution in [0.1, 0.15) is 15.9 Å². The second-order valence-electron chi connectivity index (χ2n) is 4.47. The minimum absolute atomic E-state index is 0.244. The van der Waals surface area contributed by atoms with Gasteiger partial charge in [0.05, 0.1) is 5.56 Å². The lowest BCUT2D eigenvalue weighted by molar-refractivity contribution is 0.100. The van der Waals surface area contributed by atoms with Gasteiger partial charge in [0.15, 0.2) is 0 Å². The van der Waals surface area contributed by atoms with Crippen LogP contribution in [-0.4, -0.2) is 12.5 Å². The predicted molar refractivity (Wildman–Crippen MR) is 78.0 cm³/mol. The first-order valence-electron chi connectivity index (χ1n) is 6.24. The van der Waals surface area contributed by atoms with Gasteiger partial charge >= 0.3 is 0 Å². The molecule has 5 heteroatoms. The molecule has 0 saturated carbocycles. The van der Waals surface area contributed by atoms with Crippen molar-refractivity contribution < 1.29 is 9.18 Å². The second kappa shape index (κ2) is 6.06. The van der Waals surface area contributed by atoms with E-state index >= 15 is 0 Å². The Hall–Kier alpha value is -2.56. The number of anilines is 2. The molecule has 0 aliphatic carbocycles. The Morgan fingerprint density at radius 1 is 1.15 bits per heavy atom. The van der Waals surface area contributed by atoms with E-state index < -0.39 is 5.91 Å². The Kier molecular flexibility index (Phi) is 4.20. The van der Waals surface area contributed by atoms with E-state index in [0.29, 0.717) is 17.8 Å². The van der Waals surface area contributed by atoms with E-state index in [1.54, 1.807) is 30.3 Å². The summed E-state index contributed by atoms with van der Waals surface area (Å²) < 4.78 is 12.8. The lowest BCUT2D eigenvalue weighted by Gasteiger charge is -2.09. The fraction of sp³-hybridized carbons (Fsp3) is 0.133. The molecule has 0 unspecified atom stereocenters. The summed E-state index contributed by atoms with van der Waals surface area (Å²) in [5, 5.41) is 3.17. The third-order valence-corrected chi connectivity index (χ3v) is 2.97. The normalized spacial score (nSPS) is 10.2. The van der Waals surface area contributed by atoms with Crippen LogP contribution in [0.2, 0.25) is 0 Å². The van der Waals surface area contributed by atoms with Gasteiger partial charge in [0.25, 0.3) is 5.91 Å². The molecule has 0 saturated heterocycles. The molecule has 104 valence electrons. The monoisotopic (exact) mass is 273 g/mol. The minimum Gasteiger partial charge on any atom is -0.398 e. The molecule has 5 N–H and O–H groups in total. The van der Waals surface area contributed by atoms with Crippen molar-refractivity contribution in [3.8, 4) is 0 Å². The van der Waals surface area contributed by atoms with Crippen LogP contribution < -0.4 is 16.8 Å². The zero-order chi connectivity index (χ0) is 14.5. The van der Waals surface area contributed by atoms with E-state index in [-0.39, 0.29) is 5.82 Å². The number of carbonyl (C=O) groups excluding carboxylic acids is 1. The maximum atomic E-state index is 12.8. The first-order valence-corrected chi connectivity index (χ1v) is 6.24. The highest BCUT2D eigenvalue weighted by molar-refractivity contribution is 5.98. The second-order valence-corrected chi connectivity index (χ2v) is 4.47. The van der Waals surface area contributed by atoms with Crippen molar-refractivity contribution >= 4 is 17.3 Å². The van der Waals surface area contributed by atoms with E-state index in [2.05, 4.69) is 5.32 Å². The van der Waals surface area contributed by atoms with Gasteiger partial charge in [-0.25, -0.2) is 4.39 Å². The molecule has 0 spiro atoms. The molecular weight excluding hydrogens is 257 g/mol. The highest BCUT2D eigenvalue weighted by Gasteiger charge is 2.06. The van der Waals surface area contributed by atoms with Crippen LogP contribution in [-0.2, 0) is 6.42 Å². The summed E-state index contributed by atoms with van der Waals surface area (Å²) in [4.78, 5) is 11.2. The molecule has 0 aliphatic rings. The number of hydrogen-bond acceptors (Lipinski definition) is 3. The highest BCUT2D eigenvalue weighted by Crippen LogP contribution is 2.17. The van der Waals surface area contributed by atoms with Crippen molar-refractivity contribution in [1.29, 1.82) is 0 Å². The summed E-state index contributed by atoms with van der Waals surface area (Å²) in [7, 11) is 0. The zero-order valence-electron chi connectivity index (χ0n) is 10.9. The standard InChI is InChI=1S/C15H16FN3O/c16-11-3-1-10(2-4-11)7-8-19-12-5-6-14(17)13(9-12)15(18)20/h1-6,9,19H,7-8,17H2,(H2,18,20). The largest absolute Gasteiger partial charge is 0.398 e. The summed E-state index contributed by atoms with van der Waals surface area (Å²) in [5.41, 5.74) is 13.4. The van der Waals surface area contributed by atoms with Crippen molar-refractivity contribution in [1.82, 2.24) is 0 Å². The summed E-state index contributed by atoms with van der Waals surface area (Å²) in [5.74, 6) is -0.795. The van der Waals surface area contributed by atoms with Gasteiger partial charge in [0.2, 0.25) is 0 Å². The lowest BCUT2D eigenvalue weighted by Crippen LogP contribution is -2.14. The summed E-state index contributed by atoms with van der Waals surface area (Å²) in [6.07, 6.45) is 0.747. The number of benzene rings is 2. The molecule has 20 heavy (non-hydrogen) atoms. The van der Waals surface area contributed by atoms with Gasteiger partial charge in [-0.1, -0.05) is 12.1 Å². The number of rotatable bonds is 5. The van der Waals surface area contributed by atoms with Crippen molar-refractivity contribution in [2.24, 2.45) is 5.73 Å². The molecule has 0 radical (unpaired) electrons. The molecular formula is C15H16FN3O. The predicted octanol–water partition coefficient (Wildman–Crippen LogP) is 2.16. The smallest absolute Gasteiger partial charge is 0.250 e. The van der Waals surface area contributed by atoms with E-state index in [9.17, 15) is 9.18 Å². The van der Waals surface area contributed by atoms with Gasteiger partial charge in [-0.2, -0.15) is 0 Å². The third kappa shape index (κ3) is 3.47. The number of nitrogens with two attached hydrogens (primary N) is 2. The Balaban J connectivity index is 1.96. The lowest BCUT2D eigenvalue weighted by atomic mass is 10.1. The molecule has 2 aromatic rings. The summed E-state index contributed by atoms with van der Waals surface area (Å²) >= 11 is 0. The summed E-state index contributed by atoms with van der Waals surface area (Å²) in [6, 6.07) is 11.4. The van der Waals surface area contributed by atoms with Gasteiger partial charge in [-0.3, -0.25) is 4.79 Å².